The molecule has 1 aliphatic carbocycles. The molecule has 0 N–H and O–H groups in total. The van der Waals surface area contributed by atoms with Crippen molar-refractivity contribution in [3.05, 3.63) is 87.7 Å². The summed E-state index contributed by atoms with van der Waals surface area (Å²) in [5.41, 5.74) is 13.2. The first-order chi connectivity index (χ1) is 16.4. The van der Waals surface area contributed by atoms with Crippen LogP contribution in [0.1, 0.15) is 128 Å². The quantitative estimate of drug-likeness (QED) is 0.363. The molecule has 1 heteroatoms. The molecule has 3 aromatic rings. The molecular formula is C35H47N. The van der Waals surface area contributed by atoms with Gasteiger partial charge in [-0.2, -0.15) is 0 Å². The normalized spacial score (nSPS) is 16.0. The summed E-state index contributed by atoms with van der Waals surface area (Å²) in [6.45, 7) is 28.1. The van der Waals surface area contributed by atoms with E-state index in [1.54, 1.807) is 0 Å². The molecule has 2 aromatic carbocycles. The van der Waals surface area contributed by atoms with E-state index in [-0.39, 0.29) is 21.7 Å². The third-order valence-electron chi connectivity index (χ3n) is 8.25. The highest BCUT2D eigenvalue weighted by Crippen LogP contribution is 2.54. The molecular weight excluding hydrogens is 434 g/mol. The Labute approximate surface area is 220 Å². The third kappa shape index (κ3) is 4.67. The van der Waals surface area contributed by atoms with Crippen LogP contribution in [0, 0.1) is 0 Å². The van der Waals surface area contributed by atoms with E-state index in [4.69, 9.17) is 0 Å². The van der Waals surface area contributed by atoms with Gasteiger partial charge in [0.2, 0.25) is 0 Å². The van der Waals surface area contributed by atoms with Gasteiger partial charge in [0, 0.05) is 17.8 Å². The van der Waals surface area contributed by atoms with Crippen LogP contribution >= 0.6 is 0 Å². The second-order valence-electron chi connectivity index (χ2n) is 14.8. The van der Waals surface area contributed by atoms with Crippen LogP contribution in [0.4, 0.5) is 0 Å². The van der Waals surface area contributed by atoms with Gasteiger partial charge in [0.05, 0.1) is 0 Å². The maximum absolute atomic E-state index is 4.62. The van der Waals surface area contributed by atoms with E-state index in [2.05, 4.69) is 131 Å². The van der Waals surface area contributed by atoms with E-state index in [1.807, 2.05) is 6.20 Å². The molecule has 1 unspecified atom stereocenters. The zero-order valence-corrected chi connectivity index (χ0v) is 24.9. The Hall–Kier alpha value is -2.41. The standard InChI is InChI=1S/C35H47N/c1-22(24-17-26(21-36-20-24)33(5,6)7)16-23-14-13-15-27-30-28(34(8,9)10)18-25(32(2,3)4)19-29(30)35(11,12)31(23)27/h13-15,17-22H,16H2,1-12H3. The van der Waals surface area contributed by atoms with E-state index in [1.165, 1.54) is 50.1 Å². The lowest BCUT2D eigenvalue weighted by Crippen LogP contribution is -2.22. The molecule has 0 saturated heterocycles. The Morgan fingerprint density at radius 1 is 0.778 bits per heavy atom. The fourth-order valence-corrected chi connectivity index (χ4v) is 5.89. The minimum absolute atomic E-state index is 0.0340. The summed E-state index contributed by atoms with van der Waals surface area (Å²) < 4.78 is 0. The van der Waals surface area contributed by atoms with Gasteiger partial charge in [0.15, 0.2) is 0 Å². The molecule has 0 saturated carbocycles. The minimum Gasteiger partial charge on any atom is -0.264 e. The van der Waals surface area contributed by atoms with Gasteiger partial charge in [-0.3, -0.25) is 4.98 Å². The lowest BCUT2D eigenvalue weighted by atomic mass is 9.73. The molecule has 1 aliphatic rings. The molecule has 192 valence electrons. The predicted molar refractivity (Wildman–Crippen MR) is 156 cm³/mol. The van der Waals surface area contributed by atoms with Gasteiger partial charge >= 0.3 is 0 Å². The number of hydrogen-bond donors (Lipinski definition) is 0. The van der Waals surface area contributed by atoms with E-state index < -0.39 is 0 Å². The van der Waals surface area contributed by atoms with Gasteiger partial charge in [0.1, 0.15) is 0 Å². The molecule has 0 aliphatic heterocycles. The van der Waals surface area contributed by atoms with Crippen LogP contribution in [-0.2, 0) is 28.1 Å². The molecule has 1 aromatic heterocycles. The predicted octanol–water partition coefficient (Wildman–Crippen LogP) is 9.63. The highest BCUT2D eigenvalue weighted by Gasteiger charge is 2.41. The summed E-state index contributed by atoms with van der Waals surface area (Å²) in [6, 6.07) is 14.4. The number of nitrogens with zero attached hydrogens (tertiary/aromatic N) is 1. The van der Waals surface area contributed by atoms with Crippen molar-refractivity contribution in [1.29, 1.82) is 0 Å². The minimum atomic E-state index is -0.0340. The third-order valence-corrected chi connectivity index (χ3v) is 8.25. The van der Waals surface area contributed by atoms with Crippen molar-refractivity contribution < 1.29 is 0 Å². The highest BCUT2D eigenvalue weighted by atomic mass is 14.6. The van der Waals surface area contributed by atoms with E-state index in [0.29, 0.717) is 5.92 Å². The second kappa shape index (κ2) is 8.57. The molecule has 0 radical (unpaired) electrons. The Morgan fingerprint density at radius 2 is 1.42 bits per heavy atom. The Morgan fingerprint density at radius 3 is 2.00 bits per heavy atom. The molecule has 1 heterocycles. The van der Waals surface area contributed by atoms with Crippen molar-refractivity contribution >= 4 is 0 Å². The van der Waals surface area contributed by atoms with Crippen molar-refractivity contribution in [3.63, 3.8) is 0 Å². The van der Waals surface area contributed by atoms with Crippen LogP contribution in [0.25, 0.3) is 11.1 Å². The average molecular weight is 482 g/mol. The molecule has 1 nitrogen and oxygen atoms in total. The van der Waals surface area contributed by atoms with Crippen LogP contribution in [0.5, 0.6) is 0 Å². The number of benzene rings is 2. The first kappa shape index (κ1) is 26.6. The smallest absolute Gasteiger partial charge is 0.0305 e. The molecule has 0 amide bonds. The molecule has 0 bridgehead atoms. The first-order valence-electron chi connectivity index (χ1n) is 13.7. The first-order valence-corrected chi connectivity index (χ1v) is 13.7. The lowest BCUT2D eigenvalue weighted by Gasteiger charge is -2.30. The Bertz CT molecular complexity index is 1290. The molecule has 36 heavy (non-hydrogen) atoms. The summed E-state index contributed by atoms with van der Waals surface area (Å²) in [6.07, 6.45) is 5.11. The van der Waals surface area contributed by atoms with Crippen LogP contribution < -0.4 is 0 Å². The molecule has 4 rings (SSSR count). The van der Waals surface area contributed by atoms with E-state index >= 15 is 0 Å². The summed E-state index contributed by atoms with van der Waals surface area (Å²) in [7, 11) is 0. The van der Waals surface area contributed by atoms with Crippen molar-refractivity contribution in [1.82, 2.24) is 4.98 Å². The highest BCUT2D eigenvalue weighted by molar-refractivity contribution is 5.85. The fourth-order valence-electron chi connectivity index (χ4n) is 5.89. The number of pyridine rings is 1. The second-order valence-corrected chi connectivity index (χ2v) is 14.8. The van der Waals surface area contributed by atoms with Gasteiger partial charge in [-0.25, -0.2) is 0 Å². The van der Waals surface area contributed by atoms with Gasteiger partial charge in [-0.1, -0.05) is 119 Å². The van der Waals surface area contributed by atoms with Crippen LogP contribution in [0.15, 0.2) is 48.8 Å². The van der Waals surface area contributed by atoms with Gasteiger partial charge in [-0.15, -0.1) is 0 Å². The Balaban J connectivity index is 1.85. The SMILES string of the molecule is CC(Cc1cccc2c1C(C)(C)c1cc(C(C)(C)C)cc(C(C)(C)C)c1-2)c1cncc(C(C)(C)C)c1. The topological polar surface area (TPSA) is 12.9 Å². The van der Waals surface area contributed by atoms with Crippen molar-refractivity contribution in [2.75, 3.05) is 0 Å². The van der Waals surface area contributed by atoms with Crippen molar-refractivity contribution in [3.8, 4) is 11.1 Å². The number of fused-ring (bicyclic) bond motifs is 3. The average Bonchev–Trinajstić information content (AvgIpc) is 2.99. The maximum Gasteiger partial charge on any atom is 0.0305 e. The van der Waals surface area contributed by atoms with Gasteiger partial charge in [0.25, 0.3) is 0 Å². The van der Waals surface area contributed by atoms with Crippen LogP contribution in [0.2, 0.25) is 0 Å². The number of rotatable bonds is 3. The van der Waals surface area contributed by atoms with E-state index in [9.17, 15) is 0 Å². The zero-order chi connectivity index (χ0) is 26.8. The fraction of sp³-hybridized carbons (Fsp3) is 0.514. The molecule has 0 spiro atoms. The Kier molecular flexibility index (Phi) is 6.35. The van der Waals surface area contributed by atoms with E-state index in [0.717, 1.165) is 6.42 Å². The zero-order valence-electron chi connectivity index (χ0n) is 24.9. The largest absolute Gasteiger partial charge is 0.264 e. The lowest BCUT2D eigenvalue weighted by molar-refractivity contribution is 0.563. The van der Waals surface area contributed by atoms with Gasteiger partial charge in [-0.05, 0) is 78.7 Å². The number of hydrogen-bond acceptors (Lipinski definition) is 1. The summed E-state index contributed by atoms with van der Waals surface area (Å²) in [5, 5.41) is 0. The van der Waals surface area contributed by atoms with Crippen molar-refractivity contribution in [2.24, 2.45) is 0 Å². The monoisotopic (exact) mass is 481 g/mol. The van der Waals surface area contributed by atoms with Crippen LogP contribution in [-0.4, -0.2) is 4.98 Å². The molecule has 0 fully saturated rings. The number of aromatic nitrogens is 1. The van der Waals surface area contributed by atoms with Gasteiger partial charge < -0.3 is 0 Å². The summed E-state index contributed by atoms with van der Waals surface area (Å²) in [5.74, 6) is 0.401. The maximum atomic E-state index is 4.62. The molecule has 1 atom stereocenters. The van der Waals surface area contributed by atoms with Crippen molar-refractivity contribution in [2.45, 2.75) is 117 Å². The summed E-state index contributed by atoms with van der Waals surface area (Å²) in [4.78, 5) is 4.62. The summed E-state index contributed by atoms with van der Waals surface area (Å²) >= 11 is 0. The van der Waals surface area contributed by atoms with Crippen LogP contribution in [0.3, 0.4) is 0 Å².